The molecule has 2 N–H and O–H groups in total. The number of alkyl carbamates (subject to hydrolysis) is 1. The Balaban J connectivity index is 3.00. The highest BCUT2D eigenvalue weighted by Crippen LogP contribution is 2.23. The van der Waals surface area contributed by atoms with E-state index in [1.807, 2.05) is 24.3 Å². The minimum absolute atomic E-state index is 0.210. The van der Waals surface area contributed by atoms with E-state index in [1.54, 1.807) is 20.8 Å². The highest BCUT2D eigenvalue weighted by Gasteiger charge is 2.23. The molecule has 152 valence electrons. The van der Waals surface area contributed by atoms with Gasteiger partial charge in [0.25, 0.3) is 0 Å². The summed E-state index contributed by atoms with van der Waals surface area (Å²) in [5.41, 5.74) is 1.18. The Morgan fingerprint density at radius 2 is 1.78 bits per heavy atom. The first-order valence-corrected chi connectivity index (χ1v) is 9.89. The molecule has 1 aromatic carbocycles. The SMILES string of the molecule is CC(C)(C)OC(=O)N[C@H](CC(=O)O)Cc1ccccc1N(CCCl)CCCl. The van der Waals surface area contributed by atoms with Gasteiger partial charge in [0, 0.05) is 36.6 Å². The fourth-order valence-corrected chi connectivity index (χ4v) is 3.08. The number of nitrogens with one attached hydrogen (secondary N) is 1. The van der Waals surface area contributed by atoms with E-state index in [4.69, 9.17) is 27.9 Å². The van der Waals surface area contributed by atoms with Gasteiger partial charge in [-0.05, 0) is 38.8 Å². The van der Waals surface area contributed by atoms with Crippen LogP contribution in [-0.4, -0.2) is 53.7 Å². The zero-order valence-corrected chi connectivity index (χ0v) is 17.5. The second-order valence-electron chi connectivity index (χ2n) is 7.14. The number of anilines is 1. The van der Waals surface area contributed by atoms with Crippen LogP contribution in [0.15, 0.2) is 24.3 Å². The third kappa shape index (κ3) is 9.20. The highest BCUT2D eigenvalue weighted by molar-refractivity contribution is 6.18. The Morgan fingerprint density at radius 3 is 2.30 bits per heavy atom. The standard InChI is InChI=1S/C19H28Cl2N2O4/c1-19(2,3)27-18(26)22-15(13-17(24)25)12-14-6-4-5-7-16(14)23(10-8-20)11-9-21/h4-7,15H,8-13H2,1-3H3,(H,22,26)(H,24,25)/t15-/m0/s1. The van der Waals surface area contributed by atoms with Crippen LogP contribution in [0.3, 0.4) is 0 Å². The smallest absolute Gasteiger partial charge is 0.407 e. The zero-order chi connectivity index (χ0) is 20.4. The third-order valence-electron chi connectivity index (χ3n) is 3.65. The molecule has 0 aromatic heterocycles. The van der Waals surface area contributed by atoms with E-state index in [0.29, 0.717) is 31.3 Å². The fourth-order valence-electron chi connectivity index (χ4n) is 2.67. The Morgan fingerprint density at radius 1 is 1.19 bits per heavy atom. The summed E-state index contributed by atoms with van der Waals surface area (Å²) in [5.74, 6) is -0.105. The number of hydrogen-bond acceptors (Lipinski definition) is 4. The number of alkyl halides is 2. The number of hydrogen-bond donors (Lipinski definition) is 2. The number of carbonyl (C=O) groups is 2. The molecule has 0 heterocycles. The monoisotopic (exact) mass is 418 g/mol. The molecule has 0 saturated carbocycles. The topological polar surface area (TPSA) is 78.9 Å². The summed E-state index contributed by atoms with van der Waals surface area (Å²) in [7, 11) is 0. The minimum Gasteiger partial charge on any atom is -0.481 e. The molecule has 0 unspecified atom stereocenters. The minimum atomic E-state index is -0.994. The van der Waals surface area contributed by atoms with Gasteiger partial charge in [0.15, 0.2) is 0 Å². The van der Waals surface area contributed by atoms with Crippen molar-refractivity contribution in [1.82, 2.24) is 5.32 Å². The van der Waals surface area contributed by atoms with Gasteiger partial charge in [0.2, 0.25) is 0 Å². The number of carbonyl (C=O) groups excluding carboxylic acids is 1. The number of amides is 1. The lowest BCUT2D eigenvalue weighted by Crippen LogP contribution is -2.41. The maximum atomic E-state index is 12.1. The van der Waals surface area contributed by atoms with E-state index >= 15 is 0 Å². The molecule has 1 amide bonds. The molecular weight excluding hydrogens is 391 g/mol. The van der Waals surface area contributed by atoms with Crippen molar-refractivity contribution in [3.05, 3.63) is 29.8 Å². The summed E-state index contributed by atoms with van der Waals surface area (Å²) in [6.07, 6.45) is -0.494. The predicted molar refractivity (Wildman–Crippen MR) is 109 cm³/mol. The van der Waals surface area contributed by atoms with Gasteiger partial charge < -0.3 is 20.1 Å². The van der Waals surface area contributed by atoms with E-state index in [-0.39, 0.29) is 6.42 Å². The van der Waals surface area contributed by atoms with Crippen molar-refractivity contribution < 1.29 is 19.4 Å². The molecule has 0 radical (unpaired) electrons. The van der Waals surface area contributed by atoms with Crippen LogP contribution in [0, 0.1) is 0 Å². The molecule has 0 saturated heterocycles. The molecule has 0 aliphatic rings. The number of halogens is 2. The average molecular weight is 419 g/mol. The van der Waals surface area contributed by atoms with Crippen molar-refractivity contribution in [2.24, 2.45) is 0 Å². The molecule has 6 nitrogen and oxygen atoms in total. The van der Waals surface area contributed by atoms with Crippen molar-refractivity contribution in [2.75, 3.05) is 29.7 Å². The second kappa shape index (κ2) is 11.2. The van der Waals surface area contributed by atoms with Gasteiger partial charge in [-0.15, -0.1) is 23.2 Å². The number of aliphatic carboxylic acids is 1. The van der Waals surface area contributed by atoms with Crippen molar-refractivity contribution in [1.29, 1.82) is 0 Å². The number of carboxylic acids is 1. The molecule has 0 spiro atoms. The number of para-hydroxylation sites is 1. The number of rotatable bonds is 10. The number of benzene rings is 1. The summed E-state index contributed by atoms with van der Waals surface area (Å²) in [5, 5.41) is 11.9. The lowest BCUT2D eigenvalue weighted by atomic mass is 10.0. The molecule has 27 heavy (non-hydrogen) atoms. The normalized spacial score (nSPS) is 12.3. The Hall–Kier alpha value is -1.66. The first kappa shape index (κ1) is 23.4. The van der Waals surface area contributed by atoms with Crippen LogP contribution in [0.2, 0.25) is 0 Å². The van der Waals surface area contributed by atoms with E-state index < -0.39 is 23.7 Å². The molecule has 8 heteroatoms. The first-order chi connectivity index (χ1) is 12.7. The van der Waals surface area contributed by atoms with E-state index in [1.165, 1.54) is 0 Å². The van der Waals surface area contributed by atoms with Crippen LogP contribution in [0.1, 0.15) is 32.8 Å². The van der Waals surface area contributed by atoms with E-state index in [0.717, 1.165) is 11.3 Å². The largest absolute Gasteiger partial charge is 0.481 e. The number of nitrogens with zero attached hydrogens (tertiary/aromatic N) is 1. The van der Waals surface area contributed by atoms with Gasteiger partial charge in [-0.2, -0.15) is 0 Å². The average Bonchev–Trinajstić information content (AvgIpc) is 2.52. The molecule has 1 rings (SSSR count). The van der Waals surface area contributed by atoms with Crippen LogP contribution < -0.4 is 10.2 Å². The van der Waals surface area contributed by atoms with Crippen LogP contribution in [0.4, 0.5) is 10.5 Å². The van der Waals surface area contributed by atoms with Gasteiger partial charge in [-0.3, -0.25) is 4.79 Å². The van der Waals surface area contributed by atoms with Crippen molar-refractivity contribution in [3.63, 3.8) is 0 Å². The van der Waals surface area contributed by atoms with Crippen LogP contribution in [0.25, 0.3) is 0 Å². The Bertz CT molecular complexity index is 614. The summed E-state index contributed by atoms with van der Waals surface area (Å²) in [4.78, 5) is 25.4. The highest BCUT2D eigenvalue weighted by atomic mass is 35.5. The quantitative estimate of drug-likeness (QED) is 0.563. The maximum absolute atomic E-state index is 12.1. The summed E-state index contributed by atoms with van der Waals surface area (Å²) >= 11 is 11.8. The van der Waals surface area contributed by atoms with Gasteiger partial charge in [-0.25, -0.2) is 4.79 Å². The van der Waals surface area contributed by atoms with Crippen LogP contribution in [0.5, 0.6) is 0 Å². The van der Waals surface area contributed by atoms with Crippen LogP contribution in [-0.2, 0) is 16.0 Å². The lowest BCUT2D eigenvalue weighted by molar-refractivity contribution is -0.137. The summed E-state index contributed by atoms with van der Waals surface area (Å²) < 4.78 is 5.25. The van der Waals surface area contributed by atoms with Gasteiger partial charge >= 0.3 is 12.1 Å². The second-order valence-corrected chi connectivity index (χ2v) is 7.89. The third-order valence-corrected chi connectivity index (χ3v) is 3.99. The molecule has 1 aromatic rings. The van der Waals surface area contributed by atoms with Gasteiger partial charge in [0.05, 0.1) is 6.42 Å². The number of carboxylic acid groups (broad SMARTS) is 1. The number of ether oxygens (including phenoxy) is 1. The van der Waals surface area contributed by atoms with Gasteiger partial charge in [-0.1, -0.05) is 18.2 Å². The maximum Gasteiger partial charge on any atom is 0.407 e. The van der Waals surface area contributed by atoms with E-state index in [2.05, 4.69) is 10.2 Å². The molecule has 0 aliphatic carbocycles. The zero-order valence-electron chi connectivity index (χ0n) is 16.0. The Kier molecular flexibility index (Phi) is 9.74. The van der Waals surface area contributed by atoms with Crippen molar-refractivity contribution >= 4 is 41.0 Å². The molecule has 0 aliphatic heterocycles. The van der Waals surface area contributed by atoms with Crippen molar-refractivity contribution in [3.8, 4) is 0 Å². The Labute approximate surface area is 170 Å². The molecule has 1 atom stereocenters. The summed E-state index contributed by atoms with van der Waals surface area (Å²) in [6.45, 7) is 6.50. The lowest BCUT2D eigenvalue weighted by Gasteiger charge is -2.27. The molecule has 0 bridgehead atoms. The predicted octanol–water partition coefficient (Wildman–Crippen LogP) is 3.88. The summed E-state index contributed by atoms with van der Waals surface area (Å²) in [6, 6.07) is 7.04. The van der Waals surface area contributed by atoms with Crippen molar-refractivity contribution in [2.45, 2.75) is 45.3 Å². The van der Waals surface area contributed by atoms with Crippen LogP contribution >= 0.6 is 23.2 Å². The molecule has 0 fully saturated rings. The molecular formula is C19H28Cl2N2O4. The fraction of sp³-hybridized carbons (Fsp3) is 0.579. The van der Waals surface area contributed by atoms with Gasteiger partial charge in [0.1, 0.15) is 5.60 Å². The first-order valence-electron chi connectivity index (χ1n) is 8.82. The van der Waals surface area contributed by atoms with E-state index in [9.17, 15) is 14.7 Å².